The van der Waals surface area contributed by atoms with Crippen molar-refractivity contribution in [1.82, 2.24) is 10.3 Å². The van der Waals surface area contributed by atoms with Crippen LogP contribution in [0.25, 0.3) is 10.9 Å². The number of carbonyl (C=O) groups excluding carboxylic acids is 2. The van der Waals surface area contributed by atoms with E-state index in [0.29, 0.717) is 5.39 Å². The average molecular weight is 570 g/mol. The molecule has 2 aliphatic rings. The van der Waals surface area contributed by atoms with Crippen LogP contribution in [0.5, 0.6) is 0 Å². The minimum Gasteiger partial charge on any atom is -0.398 e. The molecule has 1 saturated carbocycles. The monoisotopic (exact) mass is 569 g/mol. The van der Waals surface area contributed by atoms with Gasteiger partial charge in [0.1, 0.15) is 5.56 Å². The summed E-state index contributed by atoms with van der Waals surface area (Å²) in [6, 6.07) is 8.49. The number of amides is 2. The number of sulfone groups is 1. The minimum atomic E-state index is -3.40. The first-order valence-corrected chi connectivity index (χ1v) is 14.2. The van der Waals surface area contributed by atoms with Crippen LogP contribution in [0.4, 0.5) is 20.2 Å². The van der Waals surface area contributed by atoms with Crippen molar-refractivity contribution in [2.45, 2.75) is 37.8 Å². The maximum Gasteiger partial charge on any atom is 0.331 e. The predicted octanol–water partition coefficient (Wildman–Crippen LogP) is 3.31. The van der Waals surface area contributed by atoms with E-state index in [9.17, 15) is 31.6 Å². The van der Waals surface area contributed by atoms with Gasteiger partial charge in [0.05, 0.1) is 22.9 Å². The average Bonchev–Trinajstić information content (AvgIpc) is 3.20. The van der Waals surface area contributed by atoms with Crippen molar-refractivity contribution in [1.29, 1.82) is 0 Å². The molecule has 2 amide bonds. The molecule has 10 nitrogen and oxygen atoms in total. The number of anilines is 2. The molecule has 1 fully saturated rings. The number of carbonyl (C=O) groups is 2. The summed E-state index contributed by atoms with van der Waals surface area (Å²) in [4.78, 5) is 45.2. The number of fused-ring (bicyclic) bond motifs is 1. The number of alkyl halides is 2. The third-order valence-corrected chi connectivity index (χ3v) is 8.38. The number of nitrogens with zero attached hydrogens (tertiary/aromatic N) is 1. The van der Waals surface area contributed by atoms with Crippen molar-refractivity contribution in [3.8, 4) is 0 Å². The Kier molecular flexibility index (Phi) is 7.23. The van der Waals surface area contributed by atoms with E-state index in [1.54, 1.807) is 12.1 Å². The Morgan fingerprint density at radius 3 is 2.55 bits per heavy atom. The van der Waals surface area contributed by atoms with Crippen molar-refractivity contribution in [3.63, 3.8) is 0 Å². The first-order valence-electron chi connectivity index (χ1n) is 12.4. The molecule has 1 aliphatic heterocycles. The van der Waals surface area contributed by atoms with Crippen LogP contribution in [0.1, 0.15) is 57.0 Å². The quantitative estimate of drug-likeness (QED) is 0.194. The molecule has 208 valence electrons. The Morgan fingerprint density at radius 2 is 1.90 bits per heavy atom. The number of rotatable bonds is 7. The number of benzene rings is 2. The summed E-state index contributed by atoms with van der Waals surface area (Å²) in [7, 11) is -3.40. The lowest BCUT2D eigenvalue weighted by molar-refractivity contribution is 0.0945. The predicted molar refractivity (Wildman–Crippen MR) is 148 cm³/mol. The van der Waals surface area contributed by atoms with Gasteiger partial charge in [0.15, 0.2) is 9.84 Å². The number of aromatic nitrogens is 1. The maximum absolute atomic E-state index is 13.6. The van der Waals surface area contributed by atoms with Gasteiger partial charge in [0.2, 0.25) is 0 Å². The number of hydrogen-bond acceptors (Lipinski definition) is 7. The first-order chi connectivity index (χ1) is 19.0. The van der Waals surface area contributed by atoms with E-state index in [4.69, 9.17) is 5.73 Å². The van der Waals surface area contributed by atoms with Gasteiger partial charge in [0.25, 0.3) is 17.4 Å². The summed E-state index contributed by atoms with van der Waals surface area (Å²) >= 11 is 0. The first kappa shape index (κ1) is 27.2. The molecule has 3 aromatic rings. The van der Waals surface area contributed by atoms with Gasteiger partial charge in [0, 0.05) is 28.6 Å². The maximum atomic E-state index is 13.6. The number of nitrogen functional groups attached to an aromatic ring is 1. The van der Waals surface area contributed by atoms with Gasteiger partial charge < -0.3 is 21.4 Å². The molecule has 0 spiro atoms. The van der Waals surface area contributed by atoms with Crippen LogP contribution in [0.15, 0.2) is 57.7 Å². The molecule has 1 atom stereocenters. The highest BCUT2D eigenvalue weighted by Crippen LogP contribution is 2.40. The molecular formula is C27H25F2N5O5S. The molecule has 40 heavy (non-hydrogen) atoms. The number of pyridine rings is 1. The SMILES string of the molecule is Nc1ccc(NC(=O)c2c(C3CCC3)ccc3cc(C(=O)N[C@@H]4C=CS(=O)(=O)C4)c(=O)[nH]c23)cc1/C=N/C(F)F. The van der Waals surface area contributed by atoms with Gasteiger partial charge in [-0.3, -0.25) is 14.4 Å². The summed E-state index contributed by atoms with van der Waals surface area (Å²) in [5, 5.41) is 6.73. The fourth-order valence-electron chi connectivity index (χ4n) is 4.77. The molecule has 2 aromatic carbocycles. The van der Waals surface area contributed by atoms with Gasteiger partial charge in [-0.15, -0.1) is 0 Å². The Balaban J connectivity index is 1.50. The highest BCUT2D eigenvalue weighted by molar-refractivity contribution is 7.94. The molecular weight excluding hydrogens is 544 g/mol. The fraction of sp³-hybridized carbons (Fsp3) is 0.259. The van der Waals surface area contributed by atoms with E-state index < -0.39 is 39.8 Å². The third-order valence-electron chi connectivity index (χ3n) is 6.99. The van der Waals surface area contributed by atoms with Crippen LogP contribution < -0.4 is 21.9 Å². The van der Waals surface area contributed by atoms with E-state index in [0.717, 1.165) is 36.4 Å². The molecule has 1 aromatic heterocycles. The minimum absolute atomic E-state index is 0.105. The summed E-state index contributed by atoms with van der Waals surface area (Å²) in [5.74, 6) is -1.47. The van der Waals surface area contributed by atoms with Crippen LogP contribution in [0.3, 0.4) is 0 Å². The summed E-state index contributed by atoms with van der Waals surface area (Å²) < 4.78 is 48.4. The van der Waals surface area contributed by atoms with Gasteiger partial charge in [-0.2, -0.15) is 8.78 Å². The second kappa shape index (κ2) is 10.6. The van der Waals surface area contributed by atoms with E-state index in [1.807, 2.05) is 0 Å². The van der Waals surface area contributed by atoms with Crippen LogP contribution in [0.2, 0.25) is 0 Å². The number of nitrogens with one attached hydrogen (secondary N) is 3. The molecule has 0 saturated heterocycles. The molecule has 0 bridgehead atoms. The zero-order valence-electron chi connectivity index (χ0n) is 21.0. The van der Waals surface area contributed by atoms with Crippen molar-refractivity contribution >= 4 is 50.1 Å². The number of aliphatic imine (C=N–C) groups is 1. The lowest BCUT2D eigenvalue weighted by Crippen LogP contribution is -2.38. The van der Waals surface area contributed by atoms with Crippen LogP contribution in [0, 0.1) is 0 Å². The van der Waals surface area contributed by atoms with Gasteiger partial charge in [-0.25, -0.2) is 13.4 Å². The van der Waals surface area contributed by atoms with Crippen LogP contribution in [-0.2, 0) is 9.84 Å². The third kappa shape index (κ3) is 5.64. The second-order valence-electron chi connectivity index (χ2n) is 9.73. The van der Waals surface area contributed by atoms with Crippen LogP contribution >= 0.6 is 0 Å². The highest BCUT2D eigenvalue weighted by atomic mass is 32.2. The number of nitrogens with two attached hydrogens (primary N) is 1. The number of H-pyrrole nitrogens is 1. The number of aromatic amines is 1. The Labute approximate surface area is 227 Å². The summed E-state index contributed by atoms with van der Waals surface area (Å²) in [5.41, 5.74) is 6.76. The molecule has 0 radical (unpaired) electrons. The topological polar surface area (TPSA) is 164 Å². The smallest absolute Gasteiger partial charge is 0.331 e. The molecule has 1 aliphatic carbocycles. The fourth-order valence-corrected chi connectivity index (χ4v) is 6.01. The van der Waals surface area contributed by atoms with Crippen molar-refractivity contribution in [2.24, 2.45) is 4.99 Å². The zero-order chi connectivity index (χ0) is 28.6. The Bertz CT molecular complexity index is 1750. The lowest BCUT2D eigenvalue weighted by atomic mass is 9.77. The van der Waals surface area contributed by atoms with Gasteiger partial charge in [-0.05, 0) is 60.1 Å². The zero-order valence-corrected chi connectivity index (χ0v) is 21.8. The Morgan fingerprint density at radius 1 is 1.12 bits per heavy atom. The van der Waals surface area contributed by atoms with E-state index in [2.05, 4.69) is 20.6 Å². The van der Waals surface area contributed by atoms with Crippen LogP contribution in [-0.4, -0.2) is 49.8 Å². The van der Waals surface area contributed by atoms with Crippen molar-refractivity contribution in [2.75, 3.05) is 16.8 Å². The van der Waals surface area contributed by atoms with Gasteiger partial charge in [-0.1, -0.05) is 18.6 Å². The van der Waals surface area contributed by atoms with E-state index in [-0.39, 0.29) is 45.3 Å². The molecule has 13 heteroatoms. The van der Waals surface area contributed by atoms with E-state index >= 15 is 0 Å². The largest absolute Gasteiger partial charge is 0.398 e. The normalized spacial score (nSPS) is 18.3. The molecule has 5 N–H and O–H groups in total. The standard InChI is InChI=1S/C27H25F2N5O5S/c28-27(29)31-12-16-10-17(5-7-21(16)30)32-26(37)22-19(14-2-1-3-14)6-4-15-11-20(25(36)34-23(15)22)24(35)33-18-8-9-40(38,39)13-18/h4-12,14,18,27H,1-3,13,30H2,(H,32,37)(H,33,35)(H,34,36)/b31-12+/t18-/m1/s1. The van der Waals surface area contributed by atoms with E-state index in [1.165, 1.54) is 30.3 Å². The van der Waals surface area contributed by atoms with Crippen molar-refractivity contribution < 1.29 is 26.8 Å². The molecule has 5 rings (SSSR count). The summed E-state index contributed by atoms with van der Waals surface area (Å²) in [6.45, 7) is -2.91. The second-order valence-corrected chi connectivity index (χ2v) is 11.7. The molecule has 0 unspecified atom stereocenters. The van der Waals surface area contributed by atoms with Crippen molar-refractivity contribution in [3.05, 3.63) is 80.5 Å². The van der Waals surface area contributed by atoms with Gasteiger partial charge >= 0.3 is 6.55 Å². The molecule has 2 heterocycles. The number of halogens is 2. The number of hydrogen-bond donors (Lipinski definition) is 4. The lowest BCUT2D eigenvalue weighted by Gasteiger charge is -2.28. The Hall–Kier alpha value is -4.39. The summed E-state index contributed by atoms with van der Waals surface area (Å²) in [6.07, 6.45) is 5.00. The highest BCUT2D eigenvalue weighted by Gasteiger charge is 2.28.